The number of methoxy groups -OCH3 is 3. The van der Waals surface area contributed by atoms with Gasteiger partial charge in [-0.2, -0.15) is 0 Å². The normalized spacial score (nSPS) is 13.6. The maximum Gasteiger partial charge on any atom is 0.254 e. The van der Waals surface area contributed by atoms with E-state index in [1.807, 2.05) is 13.8 Å². The molecule has 9 heteroatoms. The maximum absolute atomic E-state index is 13.1. The Morgan fingerprint density at radius 3 is 1.76 bits per heavy atom. The fraction of sp³-hybridized carbons (Fsp3) is 0.440. The number of ether oxygens (including phenoxy) is 4. The van der Waals surface area contributed by atoms with Crippen molar-refractivity contribution in [3.05, 3.63) is 46.5 Å². The number of carbonyl (C=O) groups is 2. The van der Waals surface area contributed by atoms with E-state index in [9.17, 15) is 9.59 Å². The largest absolute Gasteiger partial charge is 0.497 e. The van der Waals surface area contributed by atoms with Crippen molar-refractivity contribution in [3.8, 4) is 23.0 Å². The smallest absolute Gasteiger partial charge is 0.254 e. The van der Waals surface area contributed by atoms with Crippen molar-refractivity contribution in [1.82, 2.24) is 9.80 Å². The quantitative estimate of drug-likeness (QED) is 0.556. The van der Waals surface area contributed by atoms with E-state index in [1.165, 1.54) is 21.3 Å². The molecule has 0 radical (unpaired) electrons. The van der Waals surface area contributed by atoms with Gasteiger partial charge in [0, 0.05) is 43.4 Å². The SMILES string of the molecule is COc1cc(OC)cc(C(=O)N2CCN(C(=O)c3cc(Cl)c(OCC(C)C)c(OC)c3)CC2)c1. The van der Waals surface area contributed by atoms with Gasteiger partial charge >= 0.3 is 0 Å². The second kappa shape index (κ2) is 11.3. The van der Waals surface area contributed by atoms with E-state index in [1.54, 1.807) is 40.1 Å². The summed E-state index contributed by atoms with van der Waals surface area (Å²) in [5, 5.41) is 0.323. The molecule has 2 amide bonds. The summed E-state index contributed by atoms with van der Waals surface area (Å²) in [6.07, 6.45) is 0. The van der Waals surface area contributed by atoms with E-state index in [4.69, 9.17) is 30.5 Å². The molecule has 0 atom stereocenters. The van der Waals surface area contributed by atoms with Crippen LogP contribution in [0.25, 0.3) is 0 Å². The Morgan fingerprint density at radius 2 is 1.32 bits per heavy atom. The maximum atomic E-state index is 13.1. The number of carbonyl (C=O) groups excluding carboxylic acids is 2. The molecule has 2 aromatic rings. The first-order valence-corrected chi connectivity index (χ1v) is 11.5. The van der Waals surface area contributed by atoms with Gasteiger partial charge in [0.15, 0.2) is 11.5 Å². The zero-order valence-electron chi connectivity index (χ0n) is 20.2. The molecule has 1 aliphatic rings. The summed E-state index contributed by atoms with van der Waals surface area (Å²) in [6.45, 7) is 6.17. The zero-order valence-corrected chi connectivity index (χ0v) is 21.0. The number of hydrogen-bond acceptors (Lipinski definition) is 6. The fourth-order valence-electron chi connectivity index (χ4n) is 3.64. The predicted molar refractivity (Wildman–Crippen MR) is 130 cm³/mol. The number of hydrogen-bond donors (Lipinski definition) is 0. The van der Waals surface area contributed by atoms with Gasteiger partial charge in [0.2, 0.25) is 0 Å². The molecule has 34 heavy (non-hydrogen) atoms. The number of benzene rings is 2. The zero-order chi connectivity index (χ0) is 24.8. The van der Waals surface area contributed by atoms with Crippen molar-refractivity contribution < 1.29 is 28.5 Å². The molecule has 8 nitrogen and oxygen atoms in total. The minimum Gasteiger partial charge on any atom is -0.497 e. The van der Waals surface area contributed by atoms with Gasteiger partial charge in [0.1, 0.15) is 11.5 Å². The predicted octanol–water partition coefficient (Wildman–Crippen LogP) is 4.00. The van der Waals surface area contributed by atoms with Crippen LogP contribution >= 0.6 is 11.6 Å². The van der Waals surface area contributed by atoms with Crippen LogP contribution in [-0.4, -0.2) is 75.7 Å². The van der Waals surface area contributed by atoms with Crippen molar-refractivity contribution in [2.24, 2.45) is 5.92 Å². The molecule has 0 bridgehead atoms. The Kier molecular flexibility index (Phi) is 8.50. The Morgan fingerprint density at radius 1 is 0.824 bits per heavy atom. The van der Waals surface area contributed by atoms with Crippen LogP contribution in [0.15, 0.2) is 30.3 Å². The fourth-order valence-corrected chi connectivity index (χ4v) is 3.91. The van der Waals surface area contributed by atoms with Crippen molar-refractivity contribution in [2.45, 2.75) is 13.8 Å². The van der Waals surface area contributed by atoms with E-state index in [0.717, 1.165) is 0 Å². The molecule has 184 valence electrons. The van der Waals surface area contributed by atoms with Gasteiger partial charge in [0.05, 0.1) is 33.0 Å². The Balaban J connectivity index is 1.69. The van der Waals surface area contributed by atoms with Gasteiger partial charge in [-0.1, -0.05) is 25.4 Å². The summed E-state index contributed by atoms with van der Waals surface area (Å²) in [6, 6.07) is 8.32. The molecule has 1 aliphatic heterocycles. The molecular formula is C25H31ClN2O6. The van der Waals surface area contributed by atoms with Gasteiger partial charge in [-0.05, 0) is 30.2 Å². The van der Waals surface area contributed by atoms with Crippen LogP contribution in [0, 0.1) is 5.92 Å². The first-order valence-electron chi connectivity index (χ1n) is 11.1. The molecule has 3 rings (SSSR count). The molecule has 0 saturated carbocycles. The van der Waals surface area contributed by atoms with Crippen LogP contribution in [-0.2, 0) is 0 Å². The third-order valence-electron chi connectivity index (χ3n) is 5.49. The lowest BCUT2D eigenvalue weighted by atomic mass is 10.1. The number of rotatable bonds is 8. The van der Waals surface area contributed by atoms with Gasteiger partial charge in [-0.15, -0.1) is 0 Å². The van der Waals surface area contributed by atoms with Crippen LogP contribution in [0.5, 0.6) is 23.0 Å². The summed E-state index contributed by atoms with van der Waals surface area (Å²) < 4.78 is 21.7. The molecular weight excluding hydrogens is 460 g/mol. The summed E-state index contributed by atoms with van der Waals surface area (Å²) in [5.74, 6) is 1.94. The van der Waals surface area contributed by atoms with Crippen molar-refractivity contribution in [2.75, 3.05) is 54.1 Å². The van der Waals surface area contributed by atoms with Crippen LogP contribution < -0.4 is 18.9 Å². The standard InChI is InChI=1S/C25H31ClN2O6/c1-16(2)15-34-23-21(26)12-18(13-22(23)33-5)25(30)28-8-6-27(7-9-28)24(29)17-10-19(31-3)14-20(11-17)32-4/h10-14,16H,6-9,15H2,1-5H3. The monoisotopic (exact) mass is 490 g/mol. The molecule has 1 saturated heterocycles. The highest BCUT2D eigenvalue weighted by Gasteiger charge is 2.27. The lowest BCUT2D eigenvalue weighted by Crippen LogP contribution is -2.50. The Bertz CT molecular complexity index is 1010. The molecule has 0 aliphatic carbocycles. The number of halogens is 1. The van der Waals surface area contributed by atoms with Crippen LogP contribution in [0.4, 0.5) is 0 Å². The number of amides is 2. The van der Waals surface area contributed by atoms with Gasteiger partial charge in [0.25, 0.3) is 11.8 Å². The highest BCUT2D eigenvalue weighted by atomic mass is 35.5. The van der Waals surface area contributed by atoms with E-state index in [2.05, 4.69) is 0 Å². The third kappa shape index (κ3) is 5.86. The van der Waals surface area contributed by atoms with E-state index < -0.39 is 0 Å². The third-order valence-corrected chi connectivity index (χ3v) is 5.77. The average Bonchev–Trinajstić information content (AvgIpc) is 2.86. The highest BCUT2D eigenvalue weighted by molar-refractivity contribution is 6.32. The van der Waals surface area contributed by atoms with Gasteiger partial charge < -0.3 is 28.7 Å². The van der Waals surface area contributed by atoms with Crippen molar-refractivity contribution in [1.29, 1.82) is 0 Å². The Hall–Kier alpha value is -3.13. The van der Waals surface area contributed by atoms with Crippen LogP contribution in [0.3, 0.4) is 0 Å². The second-order valence-corrected chi connectivity index (χ2v) is 8.79. The van der Waals surface area contributed by atoms with E-state index >= 15 is 0 Å². The lowest BCUT2D eigenvalue weighted by Gasteiger charge is -2.35. The molecule has 1 heterocycles. The summed E-state index contributed by atoms with van der Waals surface area (Å²) in [5.41, 5.74) is 0.889. The van der Waals surface area contributed by atoms with Crippen molar-refractivity contribution in [3.63, 3.8) is 0 Å². The Labute approximate surface area is 205 Å². The molecule has 0 unspecified atom stereocenters. The first-order chi connectivity index (χ1) is 16.3. The lowest BCUT2D eigenvalue weighted by molar-refractivity contribution is 0.0535. The number of nitrogens with zero attached hydrogens (tertiary/aromatic N) is 2. The molecule has 0 N–H and O–H groups in total. The summed E-state index contributed by atoms with van der Waals surface area (Å²) in [7, 11) is 4.59. The highest BCUT2D eigenvalue weighted by Crippen LogP contribution is 2.37. The minimum atomic E-state index is -0.175. The molecule has 2 aromatic carbocycles. The van der Waals surface area contributed by atoms with Crippen molar-refractivity contribution >= 4 is 23.4 Å². The van der Waals surface area contributed by atoms with Crippen LogP contribution in [0.1, 0.15) is 34.6 Å². The van der Waals surface area contributed by atoms with E-state index in [-0.39, 0.29) is 11.8 Å². The van der Waals surface area contributed by atoms with Crippen LogP contribution in [0.2, 0.25) is 5.02 Å². The van der Waals surface area contributed by atoms with Gasteiger partial charge in [-0.25, -0.2) is 0 Å². The molecule has 0 spiro atoms. The minimum absolute atomic E-state index is 0.138. The topological polar surface area (TPSA) is 77.5 Å². The summed E-state index contributed by atoms with van der Waals surface area (Å²) >= 11 is 6.41. The first kappa shape index (κ1) is 25.5. The summed E-state index contributed by atoms with van der Waals surface area (Å²) in [4.78, 5) is 29.6. The average molecular weight is 491 g/mol. The van der Waals surface area contributed by atoms with E-state index in [0.29, 0.717) is 77.9 Å². The second-order valence-electron chi connectivity index (χ2n) is 8.38. The number of piperazine rings is 1. The molecule has 1 fully saturated rings. The van der Waals surface area contributed by atoms with Gasteiger partial charge in [-0.3, -0.25) is 9.59 Å². The molecule has 0 aromatic heterocycles.